The number of aryl methyl sites for hydroxylation is 1. The van der Waals surface area contributed by atoms with Crippen LogP contribution in [0.25, 0.3) is 11.4 Å². The summed E-state index contributed by atoms with van der Waals surface area (Å²) in [4.78, 5) is 17.5. The maximum atomic E-state index is 13.1. The van der Waals surface area contributed by atoms with Crippen LogP contribution >= 0.6 is 23.2 Å². The quantitative estimate of drug-likeness (QED) is 0.867. The molecule has 3 nitrogen and oxygen atoms in total. The summed E-state index contributed by atoms with van der Waals surface area (Å²) in [7, 11) is 0. The van der Waals surface area contributed by atoms with Crippen molar-refractivity contribution >= 4 is 23.2 Å². The molecule has 0 atom stereocenters. The number of benzene rings is 1. The molecule has 2 rings (SSSR count). The van der Waals surface area contributed by atoms with Crippen molar-refractivity contribution in [2.45, 2.75) is 6.92 Å². The van der Waals surface area contributed by atoms with Gasteiger partial charge in [0.1, 0.15) is 5.82 Å². The zero-order valence-corrected chi connectivity index (χ0v) is 10.2. The van der Waals surface area contributed by atoms with Crippen LogP contribution in [0.15, 0.2) is 23.0 Å². The van der Waals surface area contributed by atoms with Gasteiger partial charge in [-0.25, -0.2) is 4.98 Å². The van der Waals surface area contributed by atoms with Gasteiger partial charge in [0.25, 0.3) is 5.56 Å². The fourth-order valence-electron chi connectivity index (χ4n) is 1.38. The fourth-order valence-corrected chi connectivity index (χ4v) is 1.76. The molecule has 0 fully saturated rings. The van der Waals surface area contributed by atoms with E-state index in [4.69, 9.17) is 23.2 Å². The fraction of sp³-hybridized carbons (Fsp3) is 0.0909. The van der Waals surface area contributed by atoms with Crippen molar-refractivity contribution in [3.05, 3.63) is 50.1 Å². The molecule has 0 bridgehead atoms. The van der Waals surface area contributed by atoms with Crippen molar-refractivity contribution in [2.75, 3.05) is 0 Å². The number of hydrogen-bond acceptors (Lipinski definition) is 2. The first-order chi connectivity index (χ1) is 7.99. The molecule has 1 N–H and O–H groups in total. The first kappa shape index (κ1) is 12.1. The average molecular weight is 273 g/mol. The summed E-state index contributed by atoms with van der Waals surface area (Å²) < 4.78 is 13.1. The molecular weight excluding hydrogens is 266 g/mol. The first-order valence-electron chi connectivity index (χ1n) is 4.71. The summed E-state index contributed by atoms with van der Waals surface area (Å²) >= 11 is 11.8. The number of aromatic amines is 1. The molecule has 0 unspecified atom stereocenters. The third-order valence-corrected chi connectivity index (χ3v) is 2.78. The van der Waals surface area contributed by atoms with Gasteiger partial charge < -0.3 is 4.98 Å². The molecule has 2 aromatic rings. The predicted octanol–water partition coefficient (Wildman–Crippen LogP) is 3.19. The third kappa shape index (κ3) is 2.33. The van der Waals surface area contributed by atoms with Gasteiger partial charge in [0.15, 0.2) is 0 Å². The number of nitrogens with one attached hydrogen (secondary N) is 1. The number of aromatic nitrogens is 2. The van der Waals surface area contributed by atoms with Gasteiger partial charge in [0, 0.05) is 10.6 Å². The van der Waals surface area contributed by atoms with Gasteiger partial charge >= 0.3 is 0 Å². The second-order valence-corrected chi connectivity index (χ2v) is 4.28. The van der Waals surface area contributed by atoms with Gasteiger partial charge in [-0.2, -0.15) is 4.39 Å². The molecule has 6 heteroatoms. The molecule has 0 aliphatic carbocycles. The van der Waals surface area contributed by atoms with Crippen LogP contribution in [-0.4, -0.2) is 9.97 Å². The maximum absolute atomic E-state index is 13.1. The Hall–Kier alpha value is -1.39. The normalized spacial score (nSPS) is 10.6. The molecular formula is C11H7Cl2FN2O. The lowest BCUT2D eigenvalue weighted by Crippen LogP contribution is -2.15. The molecule has 0 amide bonds. The van der Waals surface area contributed by atoms with Crippen LogP contribution in [0.3, 0.4) is 0 Å². The van der Waals surface area contributed by atoms with Gasteiger partial charge in [-0.3, -0.25) is 4.79 Å². The maximum Gasteiger partial charge on any atom is 0.287 e. The SMILES string of the molecule is Cc1nc(-c2cc(Cl)ccc2Cl)[nH]c(=O)c1F. The van der Waals surface area contributed by atoms with Crippen LogP contribution in [-0.2, 0) is 0 Å². The highest BCUT2D eigenvalue weighted by Crippen LogP contribution is 2.27. The molecule has 0 saturated heterocycles. The molecule has 1 aromatic carbocycles. The molecule has 0 spiro atoms. The number of nitrogens with zero attached hydrogens (tertiary/aromatic N) is 1. The topological polar surface area (TPSA) is 45.8 Å². The van der Waals surface area contributed by atoms with Crippen molar-refractivity contribution in [3.8, 4) is 11.4 Å². The van der Waals surface area contributed by atoms with E-state index in [0.29, 0.717) is 15.6 Å². The van der Waals surface area contributed by atoms with E-state index in [9.17, 15) is 9.18 Å². The van der Waals surface area contributed by atoms with E-state index in [1.165, 1.54) is 6.92 Å². The minimum absolute atomic E-state index is 0.0137. The van der Waals surface area contributed by atoms with Crippen molar-refractivity contribution in [1.29, 1.82) is 0 Å². The van der Waals surface area contributed by atoms with E-state index in [0.717, 1.165) is 0 Å². The summed E-state index contributed by atoms with van der Waals surface area (Å²) in [5, 5.41) is 0.831. The number of rotatable bonds is 1. The number of hydrogen-bond donors (Lipinski definition) is 1. The molecule has 0 saturated carbocycles. The lowest BCUT2D eigenvalue weighted by molar-refractivity contribution is 0.589. The van der Waals surface area contributed by atoms with E-state index < -0.39 is 11.4 Å². The summed E-state index contributed by atoms with van der Waals surface area (Å²) in [6.45, 7) is 1.41. The van der Waals surface area contributed by atoms with E-state index in [2.05, 4.69) is 9.97 Å². The molecule has 17 heavy (non-hydrogen) atoms. The third-order valence-electron chi connectivity index (χ3n) is 2.21. The Morgan fingerprint density at radius 3 is 2.71 bits per heavy atom. The Kier molecular flexibility index (Phi) is 3.17. The van der Waals surface area contributed by atoms with Crippen LogP contribution < -0.4 is 5.56 Å². The minimum Gasteiger partial charge on any atom is -0.304 e. The molecule has 1 aromatic heterocycles. The molecule has 0 radical (unpaired) electrons. The van der Waals surface area contributed by atoms with Gasteiger partial charge in [0.2, 0.25) is 5.82 Å². The number of halogens is 3. The van der Waals surface area contributed by atoms with E-state index in [1.54, 1.807) is 18.2 Å². The Balaban J connectivity index is 2.69. The van der Waals surface area contributed by atoms with Gasteiger partial charge in [-0.05, 0) is 25.1 Å². The Bertz CT molecular complexity index is 640. The predicted molar refractivity (Wildman–Crippen MR) is 65.0 cm³/mol. The highest BCUT2D eigenvalue weighted by atomic mass is 35.5. The van der Waals surface area contributed by atoms with Gasteiger partial charge in [-0.1, -0.05) is 23.2 Å². The second kappa shape index (κ2) is 4.47. The largest absolute Gasteiger partial charge is 0.304 e. The van der Waals surface area contributed by atoms with E-state index in [-0.39, 0.29) is 11.5 Å². The Morgan fingerprint density at radius 2 is 2.06 bits per heavy atom. The highest BCUT2D eigenvalue weighted by Gasteiger charge is 2.11. The van der Waals surface area contributed by atoms with Crippen molar-refractivity contribution in [3.63, 3.8) is 0 Å². The van der Waals surface area contributed by atoms with Crippen LogP contribution in [0.2, 0.25) is 10.0 Å². The molecule has 0 aliphatic rings. The molecule has 1 heterocycles. The smallest absolute Gasteiger partial charge is 0.287 e. The van der Waals surface area contributed by atoms with Gasteiger partial charge in [0.05, 0.1) is 10.7 Å². The lowest BCUT2D eigenvalue weighted by atomic mass is 10.2. The summed E-state index contributed by atoms with van der Waals surface area (Å²) in [6, 6.07) is 4.75. The Morgan fingerprint density at radius 1 is 1.35 bits per heavy atom. The summed E-state index contributed by atoms with van der Waals surface area (Å²) in [5.41, 5.74) is -0.359. The van der Waals surface area contributed by atoms with Crippen molar-refractivity contribution in [2.24, 2.45) is 0 Å². The first-order valence-corrected chi connectivity index (χ1v) is 5.46. The van der Waals surface area contributed by atoms with Crippen LogP contribution in [0.4, 0.5) is 4.39 Å². The monoisotopic (exact) mass is 272 g/mol. The van der Waals surface area contributed by atoms with Crippen molar-refractivity contribution < 1.29 is 4.39 Å². The molecule has 88 valence electrons. The molecule has 0 aliphatic heterocycles. The van der Waals surface area contributed by atoms with Crippen molar-refractivity contribution in [1.82, 2.24) is 9.97 Å². The Labute approximate surface area is 106 Å². The summed E-state index contributed by atoms with van der Waals surface area (Å²) in [5.74, 6) is -0.701. The second-order valence-electron chi connectivity index (χ2n) is 3.44. The minimum atomic E-state index is -0.896. The van der Waals surface area contributed by atoms with Crippen LogP contribution in [0.5, 0.6) is 0 Å². The average Bonchev–Trinajstić information content (AvgIpc) is 2.28. The number of H-pyrrole nitrogens is 1. The van der Waals surface area contributed by atoms with Crippen LogP contribution in [0.1, 0.15) is 5.69 Å². The lowest BCUT2D eigenvalue weighted by Gasteiger charge is -2.05. The zero-order chi connectivity index (χ0) is 12.6. The highest BCUT2D eigenvalue weighted by molar-refractivity contribution is 6.35. The van der Waals surface area contributed by atoms with Gasteiger partial charge in [-0.15, -0.1) is 0 Å². The van der Waals surface area contributed by atoms with Crippen LogP contribution in [0, 0.1) is 12.7 Å². The van der Waals surface area contributed by atoms with E-state index in [1.807, 2.05) is 0 Å². The summed E-state index contributed by atoms with van der Waals surface area (Å²) in [6.07, 6.45) is 0. The standard InChI is InChI=1S/C11H7Cl2FN2O/c1-5-9(14)11(17)16-10(15-5)7-4-6(12)2-3-8(7)13/h2-4H,1H3,(H,15,16,17). The van der Waals surface area contributed by atoms with E-state index >= 15 is 0 Å². The zero-order valence-electron chi connectivity index (χ0n) is 8.72.